The normalized spacial score (nSPS) is 18.2. The van der Waals surface area contributed by atoms with Gasteiger partial charge in [0.05, 0.1) is 29.6 Å². The van der Waals surface area contributed by atoms with Crippen LogP contribution in [0.15, 0.2) is 18.2 Å². The van der Waals surface area contributed by atoms with Gasteiger partial charge in [0.2, 0.25) is 0 Å². The van der Waals surface area contributed by atoms with Crippen molar-refractivity contribution in [3.05, 3.63) is 27.6 Å². The molecule has 114 valence electrons. The first-order valence-corrected chi connectivity index (χ1v) is 8.76. The zero-order valence-corrected chi connectivity index (χ0v) is 15.0. The summed E-state index contributed by atoms with van der Waals surface area (Å²) in [7, 11) is 0. The Kier molecular flexibility index (Phi) is 5.03. The van der Waals surface area contributed by atoms with Crippen molar-refractivity contribution in [1.29, 1.82) is 0 Å². The van der Waals surface area contributed by atoms with Gasteiger partial charge in [0, 0.05) is 29.7 Å². The lowest BCUT2D eigenvalue weighted by molar-refractivity contribution is 0.0364. The number of imidazole rings is 1. The lowest BCUT2D eigenvalue weighted by atomic mass is 10.3. The first kappa shape index (κ1) is 15.5. The Balaban J connectivity index is 1.86. The molecule has 3 rings (SSSR count). The monoisotopic (exact) mass is 419 g/mol. The van der Waals surface area contributed by atoms with Crippen LogP contribution in [0.5, 0.6) is 0 Å². The second-order valence-corrected chi connectivity index (χ2v) is 7.22. The Morgan fingerprint density at radius 2 is 2.10 bits per heavy atom. The highest BCUT2D eigenvalue weighted by atomic mass is 127. The molecule has 1 aromatic carbocycles. The molecule has 0 saturated carbocycles. The number of alkyl halides is 1. The number of fused-ring (bicyclic) bond motifs is 1. The molecule has 0 bridgehead atoms. The molecule has 1 saturated heterocycles. The van der Waals surface area contributed by atoms with Crippen LogP contribution < -0.4 is 0 Å². The van der Waals surface area contributed by atoms with Crippen LogP contribution in [0, 0.1) is 3.57 Å². The molecule has 1 aliphatic heterocycles. The molecule has 1 aromatic heterocycles. The summed E-state index contributed by atoms with van der Waals surface area (Å²) in [5, 5.41) is -0.0836. The highest BCUT2D eigenvalue weighted by molar-refractivity contribution is 14.1. The zero-order valence-electron chi connectivity index (χ0n) is 12.1. The number of hydrogen-bond donors (Lipinski definition) is 0. The van der Waals surface area contributed by atoms with Crippen molar-refractivity contribution in [3.63, 3.8) is 0 Å². The highest BCUT2D eigenvalue weighted by Crippen LogP contribution is 2.25. The van der Waals surface area contributed by atoms with Crippen LogP contribution in [0.2, 0.25) is 0 Å². The molecule has 4 nitrogen and oxygen atoms in total. The van der Waals surface area contributed by atoms with E-state index in [2.05, 4.69) is 50.3 Å². The maximum atomic E-state index is 6.32. The third kappa shape index (κ3) is 3.52. The van der Waals surface area contributed by atoms with E-state index >= 15 is 0 Å². The standard InChI is InChI=1S/C15H19ClIN3O/c1-11(16)15-18-13-10-12(17)2-3-14(13)20(15)5-4-19-6-8-21-9-7-19/h2-3,10-11H,4-9H2,1H3. The summed E-state index contributed by atoms with van der Waals surface area (Å²) in [6.45, 7) is 7.61. The minimum absolute atomic E-state index is 0.0836. The summed E-state index contributed by atoms with van der Waals surface area (Å²) in [6, 6.07) is 6.38. The first-order valence-electron chi connectivity index (χ1n) is 7.25. The van der Waals surface area contributed by atoms with Crippen LogP contribution >= 0.6 is 34.2 Å². The number of aromatic nitrogens is 2. The van der Waals surface area contributed by atoms with Crippen molar-refractivity contribution in [2.75, 3.05) is 32.8 Å². The number of benzene rings is 1. The summed E-state index contributed by atoms with van der Waals surface area (Å²) in [5.41, 5.74) is 2.21. The molecule has 0 spiro atoms. The number of rotatable bonds is 4. The topological polar surface area (TPSA) is 30.3 Å². The third-order valence-corrected chi connectivity index (χ3v) is 4.71. The Hall–Kier alpha value is -0.370. The summed E-state index contributed by atoms with van der Waals surface area (Å²) in [6.07, 6.45) is 0. The Labute approximate surface area is 143 Å². The summed E-state index contributed by atoms with van der Waals surface area (Å²) in [4.78, 5) is 7.15. The fourth-order valence-corrected chi connectivity index (χ4v) is 3.37. The second-order valence-electron chi connectivity index (χ2n) is 5.32. The van der Waals surface area contributed by atoms with E-state index in [1.54, 1.807) is 0 Å². The lowest BCUT2D eigenvalue weighted by Gasteiger charge is -2.27. The van der Waals surface area contributed by atoms with E-state index in [4.69, 9.17) is 21.3 Å². The van der Waals surface area contributed by atoms with E-state index in [-0.39, 0.29) is 5.38 Å². The van der Waals surface area contributed by atoms with Crippen LogP contribution in [0.25, 0.3) is 11.0 Å². The first-order chi connectivity index (χ1) is 10.1. The average molecular weight is 420 g/mol. The van der Waals surface area contributed by atoms with Gasteiger partial charge in [0.25, 0.3) is 0 Å². The fraction of sp³-hybridized carbons (Fsp3) is 0.533. The molecule has 0 N–H and O–H groups in total. The predicted molar refractivity (Wildman–Crippen MR) is 94.0 cm³/mol. The maximum Gasteiger partial charge on any atom is 0.127 e. The molecular weight excluding hydrogens is 401 g/mol. The van der Waals surface area contributed by atoms with Crippen molar-refractivity contribution in [3.8, 4) is 0 Å². The molecule has 21 heavy (non-hydrogen) atoms. The molecule has 1 atom stereocenters. The summed E-state index contributed by atoms with van der Waals surface area (Å²) >= 11 is 8.64. The number of ether oxygens (including phenoxy) is 1. The van der Waals surface area contributed by atoms with Crippen LogP contribution in [0.1, 0.15) is 18.1 Å². The van der Waals surface area contributed by atoms with Gasteiger partial charge in [-0.15, -0.1) is 11.6 Å². The number of morpholine rings is 1. The third-order valence-electron chi connectivity index (χ3n) is 3.84. The van der Waals surface area contributed by atoms with E-state index in [9.17, 15) is 0 Å². The van der Waals surface area contributed by atoms with Gasteiger partial charge in [0.15, 0.2) is 0 Å². The molecule has 1 aliphatic rings. The molecule has 6 heteroatoms. The Morgan fingerprint density at radius 3 is 2.81 bits per heavy atom. The molecule has 0 radical (unpaired) electrons. The molecule has 0 aliphatic carbocycles. The lowest BCUT2D eigenvalue weighted by Crippen LogP contribution is -2.38. The van der Waals surface area contributed by atoms with Crippen LogP contribution in [-0.2, 0) is 11.3 Å². The smallest absolute Gasteiger partial charge is 0.127 e. The van der Waals surface area contributed by atoms with Gasteiger partial charge < -0.3 is 9.30 Å². The second kappa shape index (κ2) is 6.81. The van der Waals surface area contributed by atoms with Crippen molar-refractivity contribution < 1.29 is 4.74 Å². The predicted octanol–water partition coefficient (Wildman–Crippen LogP) is 3.27. The van der Waals surface area contributed by atoms with Crippen LogP contribution in [0.4, 0.5) is 0 Å². The summed E-state index contributed by atoms with van der Waals surface area (Å²) < 4.78 is 8.86. The van der Waals surface area contributed by atoms with Crippen LogP contribution in [0.3, 0.4) is 0 Å². The minimum atomic E-state index is -0.0836. The molecule has 1 fully saturated rings. The van der Waals surface area contributed by atoms with E-state index in [1.165, 1.54) is 9.09 Å². The number of hydrogen-bond acceptors (Lipinski definition) is 3. The van der Waals surface area contributed by atoms with Gasteiger partial charge in [-0.2, -0.15) is 0 Å². The quantitative estimate of drug-likeness (QED) is 0.563. The molecule has 0 amide bonds. The highest BCUT2D eigenvalue weighted by Gasteiger charge is 2.17. The minimum Gasteiger partial charge on any atom is -0.379 e. The average Bonchev–Trinajstić information content (AvgIpc) is 2.84. The van der Waals surface area contributed by atoms with Crippen molar-refractivity contribution in [2.24, 2.45) is 0 Å². The van der Waals surface area contributed by atoms with E-state index < -0.39 is 0 Å². The maximum absolute atomic E-state index is 6.32. The van der Waals surface area contributed by atoms with E-state index in [1.807, 2.05) is 6.92 Å². The van der Waals surface area contributed by atoms with Crippen molar-refractivity contribution in [1.82, 2.24) is 14.5 Å². The molecule has 2 aromatic rings. The van der Waals surface area contributed by atoms with Gasteiger partial charge in [-0.05, 0) is 47.7 Å². The van der Waals surface area contributed by atoms with Gasteiger partial charge in [-0.3, -0.25) is 4.90 Å². The largest absolute Gasteiger partial charge is 0.379 e. The van der Waals surface area contributed by atoms with Crippen molar-refractivity contribution in [2.45, 2.75) is 18.8 Å². The van der Waals surface area contributed by atoms with Crippen LogP contribution in [-0.4, -0.2) is 47.3 Å². The molecular formula is C15H19ClIN3O. The van der Waals surface area contributed by atoms with Crippen molar-refractivity contribution >= 4 is 45.2 Å². The summed E-state index contributed by atoms with van der Waals surface area (Å²) in [5.74, 6) is 0.960. The Morgan fingerprint density at radius 1 is 1.33 bits per heavy atom. The van der Waals surface area contributed by atoms with Gasteiger partial charge >= 0.3 is 0 Å². The number of halogens is 2. The van der Waals surface area contributed by atoms with Gasteiger partial charge in [-0.25, -0.2) is 4.98 Å². The number of nitrogens with zero attached hydrogens (tertiary/aromatic N) is 3. The van der Waals surface area contributed by atoms with E-state index in [0.717, 1.165) is 50.7 Å². The van der Waals surface area contributed by atoms with Gasteiger partial charge in [0.1, 0.15) is 5.82 Å². The molecule has 1 unspecified atom stereocenters. The zero-order chi connectivity index (χ0) is 14.8. The fourth-order valence-electron chi connectivity index (χ4n) is 2.73. The SMILES string of the molecule is CC(Cl)c1nc2cc(I)ccc2n1CCN1CCOCC1. The van der Waals surface area contributed by atoms with E-state index in [0.29, 0.717) is 0 Å². The molecule has 2 heterocycles. The van der Waals surface area contributed by atoms with Gasteiger partial charge in [-0.1, -0.05) is 0 Å². The Bertz CT molecular complexity index is 623.